The van der Waals surface area contributed by atoms with Crippen molar-refractivity contribution in [1.29, 1.82) is 0 Å². The van der Waals surface area contributed by atoms with E-state index in [4.69, 9.17) is 4.42 Å². The van der Waals surface area contributed by atoms with Gasteiger partial charge >= 0.3 is 0 Å². The van der Waals surface area contributed by atoms with Crippen molar-refractivity contribution < 1.29 is 8.81 Å². The van der Waals surface area contributed by atoms with Crippen LogP contribution in [-0.4, -0.2) is 21.4 Å². The molecule has 0 unspecified atom stereocenters. The second-order valence-electron chi connectivity index (χ2n) is 2.44. The molecule has 0 aliphatic rings. The van der Waals surface area contributed by atoms with Crippen molar-refractivity contribution in [3.63, 3.8) is 0 Å². The van der Waals surface area contributed by atoms with Crippen LogP contribution in [0.3, 0.4) is 0 Å². The van der Waals surface area contributed by atoms with Gasteiger partial charge in [-0.25, -0.2) is 9.37 Å². The van der Waals surface area contributed by atoms with E-state index in [1.165, 1.54) is 23.9 Å². The van der Waals surface area contributed by atoms with Gasteiger partial charge in [0.25, 0.3) is 11.1 Å². The van der Waals surface area contributed by atoms with E-state index in [-0.39, 0.29) is 0 Å². The summed E-state index contributed by atoms with van der Waals surface area (Å²) in [6.07, 6.45) is 2.94. The van der Waals surface area contributed by atoms with E-state index >= 15 is 0 Å². The predicted octanol–water partition coefficient (Wildman–Crippen LogP) is 1.99. The van der Waals surface area contributed by atoms with E-state index < -0.39 is 5.82 Å². The molecule has 2 rings (SSSR count). The van der Waals surface area contributed by atoms with Crippen molar-refractivity contribution in [3.8, 4) is 11.6 Å². The average Bonchev–Trinajstić information content (AvgIpc) is 2.67. The lowest BCUT2D eigenvalue weighted by Crippen LogP contribution is -1.84. The van der Waals surface area contributed by atoms with Gasteiger partial charge in [-0.05, 0) is 18.4 Å². The molecule has 2 aromatic heterocycles. The molecule has 0 amide bonds. The molecular weight excluding hydrogens is 205 g/mol. The van der Waals surface area contributed by atoms with Gasteiger partial charge in [-0.15, -0.1) is 10.2 Å². The predicted molar refractivity (Wildman–Crippen MR) is 49.3 cm³/mol. The van der Waals surface area contributed by atoms with E-state index in [0.29, 0.717) is 16.8 Å². The fraction of sp³-hybridized carbons (Fsp3) is 0.125. The van der Waals surface area contributed by atoms with E-state index in [9.17, 15) is 4.39 Å². The number of aromatic nitrogens is 3. The number of nitrogens with zero attached hydrogens (tertiary/aromatic N) is 3. The van der Waals surface area contributed by atoms with Crippen LogP contribution in [0.1, 0.15) is 0 Å². The molecule has 0 saturated carbocycles. The number of hydrogen-bond acceptors (Lipinski definition) is 5. The topological polar surface area (TPSA) is 51.8 Å². The molecule has 0 bridgehead atoms. The highest BCUT2D eigenvalue weighted by Gasteiger charge is 2.08. The monoisotopic (exact) mass is 211 g/mol. The number of thioether (sulfide) groups is 1. The van der Waals surface area contributed by atoms with Crippen LogP contribution in [0.25, 0.3) is 11.6 Å². The summed E-state index contributed by atoms with van der Waals surface area (Å²) in [5, 5.41) is 7.97. The van der Waals surface area contributed by atoms with Crippen molar-refractivity contribution in [3.05, 3.63) is 24.1 Å². The largest absolute Gasteiger partial charge is 0.410 e. The summed E-state index contributed by atoms with van der Waals surface area (Å²) in [4.78, 5) is 3.82. The molecule has 0 radical (unpaired) electrons. The number of rotatable bonds is 2. The van der Waals surface area contributed by atoms with Crippen LogP contribution in [0.2, 0.25) is 0 Å². The van der Waals surface area contributed by atoms with Gasteiger partial charge in [-0.3, -0.25) is 0 Å². The molecule has 0 aliphatic heterocycles. The third-order valence-electron chi connectivity index (χ3n) is 1.53. The molecule has 72 valence electrons. The van der Waals surface area contributed by atoms with Gasteiger partial charge in [0, 0.05) is 0 Å². The normalized spacial score (nSPS) is 10.4. The molecule has 0 fully saturated rings. The Morgan fingerprint density at radius 1 is 1.36 bits per heavy atom. The van der Waals surface area contributed by atoms with Gasteiger partial charge in [-0.1, -0.05) is 11.8 Å². The molecule has 0 spiro atoms. The molecule has 0 N–H and O–H groups in total. The van der Waals surface area contributed by atoms with E-state index in [0.717, 1.165) is 6.20 Å². The Morgan fingerprint density at radius 3 is 2.79 bits per heavy atom. The maximum absolute atomic E-state index is 12.5. The zero-order valence-electron chi connectivity index (χ0n) is 7.27. The zero-order chi connectivity index (χ0) is 9.97. The van der Waals surface area contributed by atoms with Gasteiger partial charge in [0.15, 0.2) is 0 Å². The van der Waals surface area contributed by atoms with Crippen LogP contribution >= 0.6 is 11.8 Å². The quantitative estimate of drug-likeness (QED) is 0.711. The number of hydrogen-bond donors (Lipinski definition) is 0. The Morgan fingerprint density at radius 2 is 2.21 bits per heavy atom. The molecule has 0 atom stereocenters. The second-order valence-corrected chi connectivity index (χ2v) is 3.20. The van der Waals surface area contributed by atoms with Crippen molar-refractivity contribution >= 4 is 11.8 Å². The number of pyridine rings is 1. The highest BCUT2D eigenvalue weighted by molar-refractivity contribution is 7.98. The molecule has 14 heavy (non-hydrogen) atoms. The van der Waals surface area contributed by atoms with Crippen LogP contribution in [0, 0.1) is 5.82 Å². The minimum atomic E-state index is -0.390. The van der Waals surface area contributed by atoms with Crippen LogP contribution in [0.4, 0.5) is 4.39 Å². The van der Waals surface area contributed by atoms with Gasteiger partial charge in [0.05, 0.1) is 6.20 Å². The smallest absolute Gasteiger partial charge is 0.276 e. The summed E-state index contributed by atoms with van der Waals surface area (Å²) in [6, 6.07) is 2.79. The highest BCUT2D eigenvalue weighted by Crippen LogP contribution is 2.19. The standard InChI is InChI=1S/C8H6FN3OS/c1-14-8-12-11-7(13-8)6-3-2-5(9)4-10-6/h2-4H,1H3. The van der Waals surface area contributed by atoms with Crippen molar-refractivity contribution in [2.75, 3.05) is 6.26 Å². The van der Waals surface area contributed by atoms with Crippen molar-refractivity contribution in [1.82, 2.24) is 15.2 Å². The molecule has 6 heteroatoms. The van der Waals surface area contributed by atoms with Crippen molar-refractivity contribution in [2.45, 2.75) is 5.22 Å². The fourth-order valence-electron chi connectivity index (χ4n) is 0.898. The summed E-state index contributed by atoms with van der Waals surface area (Å²) < 4.78 is 17.8. The van der Waals surface area contributed by atoms with E-state index in [2.05, 4.69) is 15.2 Å². The van der Waals surface area contributed by atoms with Gasteiger partial charge in [0.1, 0.15) is 11.5 Å². The highest BCUT2D eigenvalue weighted by atomic mass is 32.2. The molecule has 2 heterocycles. The fourth-order valence-corrected chi connectivity index (χ4v) is 1.18. The van der Waals surface area contributed by atoms with Gasteiger partial charge in [0.2, 0.25) is 0 Å². The lowest BCUT2D eigenvalue weighted by atomic mass is 10.3. The third-order valence-corrected chi connectivity index (χ3v) is 2.04. The molecule has 4 nitrogen and oxygen atoms in total. The van der Waals surface area contributed by atoms with Gasteiger partial charge in [-0.2, -0.15) is 0 Å². The first-order chi connectivity index (χ1) is 6.79. The Balaban J connectivity index is 2.34. The SMILES string of the molecule is CSc1nnc(-c2ccc(F)cn2)o1. The zero-order valence-corrected chi connectivity index (χ0v) is 8.08. The second kappa shape index (κ2) is 3.75. The van der Waals surface area contributed by atoms with E-state index in [1.54, 1.807) is 0 Å². The summed E-state index contributed by atoms with van der Waals surface area (Å²) in [5.74, 6) is -0.0901. The number of halogens is 1. The molecular formula is C8H6FN3OS. The molecule has 0 aliphatic carbocycles. The maximum atomic E-state index is 12.5. The van der Waals surface area contributed by atoms with Crippen LogP contribution in [-0.2, 0) is 0 Å². The minimum Gasteiger partial charge on any atom is -0.410 e. The maximum Gasteiger partial charge on any atom is 0.276 e. The summed E-state index contributed by atoms with van der Waals surface area (Å²) in [7, 11) is 0. The Labute approximate surface area is 83.6 Å². The summed E-state index contributed by atoms with van der Waals surface area (Å²) in [6.45, 7) is 0. The minimum absolute atomic E-state index is 0.300. The van der Waals surface area contributed by atoms with E-state index in [1.807, 2.05) is 6.26 Å². The van der Waals surface area contributed by atoms with Crippen LogP contribution in [0.15, 0.2) is 28.0 Å². The molecule has 0 aromatic carbocycles. The summed E-state index contributed by atoms with van der Waals surface area (Å²) >= 11 is 1.35. The van der Waals surface area contributed by atoms with Crippen LogP contribution in [0.5, 0.6) is 0 Å². The van der Waals surface area contributed by atoms with Crippen LogP contribution < -0.4 is 0 Å². The first-order valence-corrected chi connectivity index (χ1v) is 5.01. The van der Waals surface area contributed by atoms with Crippen molar-refractivity contribution in [2.24, 2.45) is 0 Å². The Kier molecular flexibility index (Phi) is 2.45. The molecule has 2 aromatic rings. The first kappa shape index (κ1) is 9.14. The van der Waals surface area contributed by atoms with Gasteiger partial charge < -0.3 is 4.42 Å². The molecule has 0 saturated heterocycles. The lowest BCUT2D eigenvalue weighted by Gasteiger charge is -1.91. The lowest BCUT2D eigenvalue weighted by molar-refractivity contribution is 0.465. The Bertz CT molecular complexity index is 428. The first-order valence-electron chi connectivity index (χ1n) is 3.79. The Hall–Kier alpha value is -1.43. The average molecular weight is 211 g/mol. The summed E-state index contributed by atoms with van der Waals surface area (Å²) in [5.41, 5.74) is 0.471. The third kappa shape index (κ3) is 1.74.